The maximum absolute atomic E-state index is 13.6. The lowest BCUT2D eigenvalue weighted by molar-refractivity contribution is -0.156. The van der Waals surface area contributed by atoms with Gasteiger partial charge in [-0.05, 0) is 48.8 Å². The number of hydrogen-bond donors (Lipinski definition) is 2. The van der Waals surface area contributed by atoms with E-state index in [2.05, 4.69) is 5.32 Å². The molecule has 7 nitrogen and oxygen atoms in total. The maximum atomic E-state index is 13.6. The van der Waals surface area contributed by atoms with Gasteiger partial charge < -0.3 is 20.2 Å². The SMILES string of the molecule is CCCC(=O)N1CC[C@H](CC(=O)N[C@@H](C(=O)N2CC[C@](O)(c3ccc(Cl)cc3)C(C)(C)C2)C(C)C)C1. The molecule has 200 valence electrons. The van der Waals surface area contributed by atoms with Crippen LogP contribution >= 0.6 is 11.6 Å². The van der Waals surface area contributed by atoms with Crippen molar-refractivity contribution in [3.63, 3.8) is 0 Å². The molecule has 0 bridgehead atoms. The first-order chi connectivity index (χ1) is 16.9. The van der Waals surface area contributed by atoms with Crippen molar-refractivity contribution in [1.29, 1.82) is 0 Å². The molecule has 1 aromatic carbocycles. The van der Waals surface area contributed by atoms with Gasteiger partial charge in [-0.15, -0.1) is 0 Å². The van der Waals surface area contributed by atoms with Crippen LogP contribution < -0.4 is 5.32 Å². The lowest BCUT2D eigenvalue weighted by Crippen LogP contribution is -2.60. The summed E-state index contributed by atoms with van der Waals surface area (Å²) in [6.45, 7) is 11.9. The van der Waals surface area contributed by atoms with Crippen LogP contribution in [0.3, 0.4) is 0 Å². The molecule has 2 heterocycles. The monoisotopic (exact) mass is 519 g/mol. The van der Waals surface area contributed by atoms with Crippen LogP contribution in [-0.4, -0.2) is 64.8 Å². The van der Waals surface area contributed by atoms with Gasteiger partial charge in [-0.3, -0.25) is 14.4 Å². The minimum atomic E-state index is -1.09. The third-order valence-corrected chi connectivity index (χ3v) is 8.16. The second kappa shape index (κ2) is 11.5. The van der Waals surface area contributed by atoms with Crippen LogP contribution in [0.15, 0.2) is 24.3 Å². The number of amides is 3. The normalized spacial score (nSPS) is 24.6. The van der Waals surface area contributed by atoms with E-state index >= 15 is 0 Å². The van der Waals surface area contributed by atoms with Gasteiger partial charge in [0.05, 0.1) is 5.60 Å². The van der Waals surface area contributed by atoms with Gasteiger partial charge >= 0.3 is 0 Å². The number of piperidine rings is 1. The first-order valence-electron chi connectivity index (χ1n) is 13.2. The van der Waals surface area contributed by atoms with E-state index in [0.29, 0.717) is 50.5 Å². The molecule has 0 radical (unpaired) electrons. The van der Waals surface area contributed by atoms with Crippen molar-refractivity contribution in [2.75, 3.05) is 26.2 Å². The van der Waals surface area contributed by atoms with E-state index in [1.165, 1.54) is 0 Å². The Hall–Kier alpha value is -2.12. The number of carbonyl (C=O) groups excluding carboxylic acids is 3. The van der Waals surface area contributed by atoms with E-state index < -0.39 is 17.1 Å². The Labute approximate surface area is 220 Å². The van der Waals surface area contributed by atoms with Crippen LogP contribution in [0.4, 0.5) is 0 Å². The highest BCUT2D eigenvalue weighted by Crippen LogP contribution is 2.46. The predicted molar refractivity (Wildman–Crippen MR) is 141 cm³/mol. The molecule has 0 saturated carbocycles. The van der Waals surface area contributed by atoms with Crippen LogP contribution in [0.5, 0.6) is 0 Å². The maximum Gasteiger partial charge on any atom is 0.245 e. The zero-order valence-electron chi connectivity index (χ0n) is 22.3. The molecule has 1 aromatic rings. The van der Waals surface area contributed by atoms with Crippen molar-refractivity contribution in [3.05, 3.63) is 34.9 Å². The fourth-order valence-electron chi connectivity index (χ4n) is 5.57. The summed E-state index contributed by atoms with van der Waals surface area (Å²) in [5.74, 6) is -0.0617. The quantitative estimate of drug-likeness (QED) is 0.544. The standard InChI is InChI=1S/C28H42ClN3O4/c1-6-7-24(34)31-14-12-20(17-31)16-23(33)30-25(19(2)3)26(35)32-15-13-28(36,27(4,5)18-32)21-8-10-22(29)11-9-21/h8-11,19-20,25,36H,6-7,12-18H2,1-5H3,(H,30,33)/t20-,25-,28+/m1/s1. The Bertz CT molecular complexity index is 949. The van der Waals surface area contributed by atoms with Crippen molar-refractivity contribution in [2.24, 2.45) is 17.3 Å². The number of likely N-dealkylation sites (tertiary alicyclic amines) is 2. The van der Waals surface area contributed by atoms with Gasteiger partial charge in [-0.1, -0.05) is 58.4 Å². The van der Waals surface area contributed by atoms with E-state index in [4.69, 9.17) is 11.6 Å². The molecular weight excluding hydrogens is 478 g/mol. The summed E-state index contributed by atoms with van der Waals surface area (Å²) < 4.78 is 0. The van der Waals surface area contributed by atoms with E-state index in [-0.39, 0.29) is 29.6 Å². The van der Waals surface area contributed by atoms with Crippen molar-refractivity contribution in [3.8, 4) is 0 Å². The average molecular weight is 520 g/mol. The highest BCUT2D eigenvalue weighted by atomic mass is 35.5. The van der Waals surface area contributed by atoms with Crippen molar-refractivity contribution in [1.82, 2.24) is 15.1 Å². The van der Waals surface area contributed by atoms with Gasteiger partial charge in [0.25, 0.3) is 0 Å². The van der Waals surface area contributed by atoms with Gasteiger partial charge in [0, 0.05) is 49.5 Å². The lowest BCUT2D eigenvalue weighted by Gasteiger charge is -2.51. The number of halogens is 1. The number of aliphatic hydroxyl groups is 1. The molecule has 8 heteroatoms. The molecular formula is C28H42ClN3O4. The molecule has 0 aromatic heterocycles. The van der Waals surface area contributed by atoms with Gasteiger partial charge in [0.2, 0.25) is 17.7 Å². The smallest absolute Gasteiger partial charge is 0.245 e. The van der Waals surface area contributed by atoms with Crippen LogP contribution in [0.1, 0.15) is 72.3 Å². The fraction of sp³-hybridized carbons (Fsp3) is 0.679. The zero-order valence-corrected chi connectivity index (χ0v) is 23.1. The second-order valence-electron chi connectivity index (χ2n) is 11.5. The minimum Gasteiger partial charge on any atom is -0.384 e. The number of rotatable bonds is 8. The third-order valence-electron chi connectivity index (χ3n) is 7.91. The summed E-state index contributed by atoms with van der Waals surface area (Å²) in [6.07, 6.45) is 2.89. The molecule has 2 aliphatic rings. The second-order valence-corrected chi connectivity index (χ2v) is 11.9. The number of benzene rings is 1. The molecule has 2 fully saturated rings. The van der Waals surface area contributed by atoms with Crippen molar-refractivity contribution >= 4 is 29.3 Å². The van der Waals surface area contributed by atoms with E-state index in [1.54, 1.807) is 17.0 Å². The molecule has 3 rings (SSSR count). The third kappa shape index (κ3) is 6.23. The first kappa shape index (κ1) is 28.5. The van der Waals surface area contributed by atoms with E-state index in [1.807, 2.05) is 51.7 Å². The Morgan fingerprint density at radius 3 is 2.39 bits per heavy atom. The van der Waals surface area contributed by atoms with E-state index in [0.717, 1.165) is 18.4 Å². The summed E-state index contributed by atoms with van der Waals surface area (Å²) in [5, 5.41) is 15.2. The molecule has 2 aliphatic heterocycles. The summed E-state index contributed by atoms with van der Waals surface area (Å²) in [7, 11) is 0. The summed E-state index contributed by atoms with van der Waals surface area (Å²) >= 11 is 6.04. The highest BCUT2D eigenvalue weighted by molar-refractivity contribution is 6.30. The highest BCUT2D eigenvalue weighted by Gasteiger charge is 2.50. The topological polar surface area (TPSA) is 90.0 Å². The molecule has 2 N–H and O–H groups in total. The van der Waals surface area contributed by atoms with Crippen LogP contribution in [0.2, 0.25) is 5.02 Å². The summed E-state index contributed by atoms with van der Waals surface area (Å²) in [6, 6.07) is 6.61. The van der Waals surface area contributed by atoms with Gasteiger partial charge in [0.15, 0.2) is 0 Å². The largest absolute Gasteiger partial charge is 0.384 e. The van der Waals surface area contributed by atoms with Crippen molar-refractivity contribution in [2.45, 2.75) is 78.4 Å². The molecule has 0 spiro atoms. The van der Waals surface area contributed by atoms with Gasteiger partial charge in [-0.2, -0.15) is 0 Å². The van der Waals surface area contributed by atoms with E-state index in [9.17, 15) is 19.5 Å². The Morgan fingerprint density at radius 1 is 1.14 bits per heavy atom. The molecule has 0 unspecified atom stereocenters. The molecule has 2 saturated heterocycles. The fourth-order valence-corrected chi connectivity index (χ4v) is 5.70. The number of carbonyl (C=O) groups is 3. The Balaban J connectivity index is 1.62. The van der Waals surface area contributed by atoms with Crippen LogP contribution in [0.25, 0.3) is 0 Å². The molecule has 36 heavy (non-hydrogen) atoms. The van der Waals surface area contributed by atoms with Gasteiger partial charge in [0.1, 0.15) is 6.04 Å². The Morgan fingerprint density at radius 2 is 1.81 bits per heavy atom. The number of hydrogen-bond acceptors (Lipinski definition) is 4. The summed E-state index contributed by atoms with van der Waals surface area (Å²) in [4.78, 5) is 42.3. The number of nitrogens with zero attached hydrogens (tertiary/aromatic N) is 2. The average Bonchev–Trinajstić information content (AvgIpc) is 3.27. The molecule has 3 atom stereocenters. The molecule has 3 amide bonds. The summed E-state index contributed by atoms with van der Waals surface area (Å²) in [5.41, 5.74) is -0.895. The lowest BCUT2D eigenvalue weighted by atomic mass is 9.66. The zero-order chi connectivity index (χ0) is 26.7. The Kier molecular flexibility index (Phi) is 9.10. The van der Waals surface area contributed by atoms with Crippen LogP contribution in [0, 0.1) is 17.3 Å². The van der Waals surface area contributed by atoms with Crippen LogP contribution in [-0.2, 0) is 20.0 Å². The molecule has 0 aliphatic carbocycles. The van der Waals surface area contributed by atoms with Gasteiger partial charge in [-0.25, -0.2) is 0 Å². The number of nitrogens with one attached hydrogen (secondary N) is 1. The van der Waals surface area contributed by atoms with Crippen molar-refractivity contribution < 1.29 is 19.5 Å². The first-order valence-corrected chi connectivity index (χ1v) is 13.6. The minimum absolute atomic E-state index is 0.0761. The predicted octanol–water partition coefficient (Wildman–Crippen LogP) is 3.97.